The van der Waals surface area contributed by atoms with Crippen LogP contribution in [0.3, 0.4) is 0 Å². The van der Waals surface area contributed by atoms with Crippen molar-refractivity contribution in [2.75, 3.05) is 39.6 Å². The van der Waals surface area contributed by atoms with Gasteiger partial charge in [-0.15, -0.1) is 0 Å². The SMILES string of the molecule is OC[C@H]1O[C@H](O[C@H]2[C@H](O)[C@@H](O)[C@@H](OC[C@H]3OC(O)[C@H](O)[C@@H](O)[C@@H]3O)O[C@@H]2CO[C@H]2O[C@H](CO)[C@@H](O[C@H]3O[C@H](CO)[C@@H](O[C@H]4O[C@H](CO)[C@@H](O)[C@H](O)[C@H]4O)[C@H](O)[C@H]3O)[C@H](O)[C@H]2O)[C@H](O)[C@@H](O)[C@@H]1O. The molecule has 0 aromatic rings. The van der Waals surface area contributed by atoms with Gasteiger partial charge in [0.05, 0.1) is 39.6 Å². The zero-order valence-electron chi connectivity index (χ0n) is 35.0. The Morgan fingerprint density at radius 1 is 0.254 bits per heavy atom. The van der Waals surface area contributed by atoms with Crippen LogP contribution in [0.2, 0.25) is 0 Å². The van der Waals surface area contributed by atoms with Gasteiger partial charge in [-0.25, -0.2) is 0 Å². The summed E-state index contributed by atoms with van der Waals surface area (Å²) in [6, 6.07) is 0. The van der Waals surface area contributed by atoms with Gasteiger partial charge in [-0.05, 0) is 0 Å². The molecule has 0 radical (unpaired) electrons. The molecule has 0 aromatic carbocycles. The molecule has 392 valence electrons. The molecule has 1 unspecified atom stereocenters. The van der Waals surface area contributed by atoms with Crippen LogP contribution in [0, 0.1) is 0 Å². The van der Waals surface area contributed by atoms with E-state index in [1.165, 1.54) is 0 Å². The summed E-state index contributed by atoms with van der Waals surface area (Å²) in [4.78, 5) is 0. The first-order valence-corrected chi connectivity index (χ1v) is 21.1. The van der Waals surface area contributed by atoms with E-state index in [2.05, 4.69) is 0 Å². The highest BCUT2D eigenvalue weighted by molar-refractivity contribution is 4.98. The average molecular weight is 991 g/mol. The maximum absolute atomic E-state index is 11.3. The summed E-state index contributed by atoms with van der Waals surface area (Å²) in [5.41, 5.74) is 0. The lowest BCUT2D eigenvalue weighted by Crippen LogP contribution is -2.67. The molecular formula is C36H62O31. The lowest BCUT2D eigenvalue weighted by atomic mass is 9.96. The minimum Gasteiger partial charge on any atom is -0.394 e. The molecule has 6 rings (SSSR count). The number of aliphatic hydroxyl groups is 20. The van der Waals surface area contributed by atoms with Gasteiger partial charge in [0.25, 0.3) is 0 Å². The Morgan fingerprint density at radius 3 is 0.940 bits per heavy atom. The van der Waals surface area contributed by atoms with Crippen molar-refractivity contribution in [2.45, 2.75) is 184 Å². The van der Waals surface area contributed by atoms with Crippen LogP contribution in [0.1, 0.15) is 0 Å². The highest BCUT2D eigenvalue weighted by atomic mass is 16.8. The van der Waals surface area contributed by atoms with Gasteiger partial charge in [-0.2, -0.15) is 0 Å². The summed E-state index contributed by atoms with van der Waals surface area (Å²) in [5, 5.41) is 208. The van der Waals surface area contributed by atoms with E-state index in [9.17, 15) is 102 Å². The summed E-state index contributed by atoms with van der Waals surface area (Å²) in [6.45, 7) is -5.36. The molecule has 6 saturated heterocycles. The molecule has 0 saturated carbocycles. The van der Waals surface area contributed by atoms with Crippen molar-refractivity contribution in [1.82, 2.24) is 0 Å². The molecule has 0 spiro atoms. The quantitative estimate of drug-likeness (QED) is 0.0683. The van der Waals surface area contributed by atoms with Crippen molar-refractivity contribution in [3.8, 4) is 0 Å². The number of aliphatic hydroxyl groups excluding tert-OH is 20. The third-order valence-corrected chi connectivity index (χ3v) is 12.4. The fourth-order valence-corrected chi connectivity index (χ4v) is 8.31. The summed E-state index contributed by atoms with van der Waals surface area (Å²) >= 11 is 0. The first-order chi connectivity index (χ1) is 31.7. The van der Waals surface area contributed by atoms with Gasteiger partial charge < -0.3 is 154 Å². The molecular weight excluding hydrogens is 928 g/mol. The van der Waals surface area contributed by atoms with Gasteiger partial charge in [-0.1, -0.05) is 0 Å². The van der Waals surface area contributed by atoms with E-state index < -0.39 is 224 Å². The molecule has 31 heteroatoms. The largest absolute Gasteiger partial charge is 0.394 e. The number of hydrogen-bond acceptors (Lipinski definition) is 31. The molecule has 6 aliphatic heterocycles. The average Bonchev–Trinajstić information content (AvgIpc) is 3.32. The van der Waals surface area contributed by atoms with Crippen molar-refractivity contribution < 1.29 is 154 Å². The van der Waals surface area contributed by atoms with Gasteiger partial charge in [0, 0.05) is 0 Å². The maximum Gasteiger partial charge on any atom is 0.187 e. The van der Waals surface area contributed by atoms with Gasteiger partial charge >= 0.3 is 0 Å². The first-order valence-electron chi connectivity index (χ1n) is 21.1. The lowest BCUT2D eigenvalue weighted by molar-refractivity contribution is -0.384. The lowest BCUT2D eigenvalue weighted by Gasteiger charge is -2.48. The van der Waals surface area contributed by atoms with Gasteiger partial charge in [-0.3, -0.25) is 0 Å². The number of rotatable bonds is 16. The zero-order valence-corrected chi connectivity index (χ0v) is 35.0. The smallest absolute Gasteiger partial charge is 0.187 e. The Bertz CT molecular complexity index is 1500. The van der Waals surface area contributed by atoms with Crippen LogP contribution in [-0.4, -0.2) is 326 Å². The van der Waals surface area contributed by atoms with Crippen LogP contribution in [-0.2, 0) is 52.1 Å². The molecule has 0 aliphatic carbocycles. The van der Waals surface area contributed by atoms with E-state index in [4.69, 9.17) is 52.1 Å². The molecule has 31 nitrogen and oxygen atoms in total. The summed E-state index contributed by atoms with van der Waals surface area (Å²) in [6.07, 6.45) is -56.3. The van der Waals surface area contributed by atoms with E-state index >= 15 is 0 Å². The van der Waals surface area contributed by atoms with E-state index in [0.717, 1.165) is 0 Å². The van der Waals surface area contributed by atoms with Gasteiger partial charge in [0.1, 0.15) is 146 Å². The van der Waals surface area contributed by atoms with Crippen LogP contribution in [0.5, 0.6) is 0 Å². The molecule has 0 bridgehead atoms. The molecule has 67 heavy (non-hydrogen) atoms. The molecule has 6 aliphatic rings. The second kappa shape index (κ2) is 23.5. The molecule has 30 atom stereocenters. The predicted molar refractivity (Wildman–Crippen MR) is 199 cm³/mol. The van der Waals surface area contributed by atoms with E-state index in [1.54, 1.807) is 0 Å². The van der Waals surface area contributed by atoms with E-state index in [1.807, 2.05) is 0 Å². The monoisotopic (exact) mass is 990 g/mol. The molecule has 20 N–H and O–H groups in total. The fraction of sp³-hybridized carbons (Fsp3) is 1.00. The Hall–Kier alpha value is -1.24. The summed E-state index contributed by atoms with van der Waals surface area (Å²) < 4.78 is 60.8. The number of hydrogen-bond donors (Lipinski definition) is 20. The Morgan fingerprint density at radius 2 is 0.537 bits per heavy atom. The third kappa shape index (κ3) is 11.5. The second-order valence-electron chi connectivity index (χ2n) is 16.8. The van der Waals surface area contributed by atoms with E-state index in [0.29, 0.717) is 0 Å². The van der Waals surface area contributed by atoms with Crippen molar-refractivity contribution in [3.05, 3.63) is 0 Å². The normalized spacial score (nSPS) is 53.4. The van der Waals surface area contributed by atoms with Gasteiger partial charge in [0.15, 0.2) is 37.7 Å². The van der Waals surface area contributed by atoms with Gasteiger partial charge in [0.2, 0.25) is 0 Å². The first kappa shape index (κ1) is 55.1. The molecule has 0 aromatic heterocycles. The van der Waals surface area contributed by atoms with Crippen LogP contribution in [0.4, 0.5) is 0 Å². The van der Waals surface area contributed by atoms with Crippen molar-refractivity contribution in [1.29, 1.82) is 0 Å². The molecule has 6 heterocycles. The van der Waals surface area contributed by atoms with Crippen molar-refractivity contribution >= 4 is 0 Å². The van der Waals surface area contributed by atoms with Crippen LogP contribution in [0.25, 0.3) is 0 Å². The second-order valence-corrected chi connectivity index (χ2v) is 16.8. The Kier molecular flexibility index (Phi) is 19.4. The Balaban J connectivity index is 1.13. The number of ether oxygens (including phenoxy) is 11. The molecule has 6 fully saturated rings. The summed E-state index contributed by atoms with van der Waals surface area (Å²) in [7, 11) is 0. The fourth-order valence-electron chi connectivity index (χ4n) is 8.31. The van der Waals surface area contributed by atoms with Crippen LogP contribution < -0.4 is 0 Å². The minimum atomic E-state index is -2.14. The standard InChI is InChI=1S/C36H62O31/c37-1-7-13(41)17(45)23(51)34(60-7)65-29-10(4-40)63-36(27(55)21(29)49)66-28-9(3-39)62-32(25(53)19(28)47)58-6-12-30(67-35-24(52)18(46)14(42)8(2-38)61-35)20(48)26(54)33(64-12)57-5-11-15(43)16(44)22(50)31(56)59-11/h7-56H,1-6H2/t7-,8-,9-,10-,11-,12-,13-,14-,15-,16+,17+,18+,19-,20-,21-,22-,23-,24-,25-,26-,27-,28-,29-,30-,31?,32+,33+,34-,35-,36-/m1/s1. The maximum atomic E-state index is 11.3. The highest BCUT2D eigenvalue weighted by Gasteiger charge is 2.56. The van der Waals surface area contributed by atoms with Crippen molar-refractivity contribution in [3.63, 3.8) is 0 Å². The highest BCUT2D eigenvalue weighted by Crippen LogP contribution is 2.35. The zero-order chi connectivity index (χ0) is 49.3. The van der Waals surface area contributed by atoms with E-state index in [-0.39, 0.29) is 0 Å². The third-order valence-electron chi connectivity index (χ3n) is 12.4. The predicted octanol–water partition coefficient (Wildman–Crippen LogP) is -14.1. The van der Waals surface area contributed by atoms with Crippen LogP contribution in [0.15, 0.2) is 0 Å². The van der Waals surface area contributed by atoms with Crippen LogP contribution >= 0.6 is 0 Å². The minimum absolute atomic E-state index is 0.778. The topological polar surface area (TPSA) is 506 Å². The summed E-state index contributed by atoms with van der Waals surface area (Å²) in [5.74, 6) is 0. The molecule has 0 amide bonds. The van der Waals surface area contributed by atoms with Crippen molar-refractivity contribution in [2.24, 2.45) is 0 Å². The Labute approximate surface area is 378 Å².